The molecule has 4 heterocycles. The van der Waals surface area contributed by atoms with Crippen LogP contribution in [0.25, 0.3) is 23.1 Å². The first-order valence-corrected chi connectivity index (χ1v) is 10.9. The lowest BCUT2D eigenvalue weighted by Gasteiger charge is -2.27. The molecule has 4 aromatic rings. The van der Waals surface area contributed by atoms with Crippen molar-refractivity contribution in [1.29, 1.82) is 0 Å². The highest BCUT2D eigenvalue weighted by atomic mass is 35.5. The van der Waals surface area contributed by atoms with Crippen molar-refractivity contribution >= 4 is 40.4 Å². The van der Waals surface area contributed by atoms with Crippen LogP contribution in [0.2, 0.25) is 5.28 Å². The number of aromatic nitrogens is 6. The molecule has 2 aliphatic rings. The van der Waals surface area contributed by atoms with Crippen LogP contribution in [-0.2, 0) is 5.41 Å². The Kier molecular flexibility index (Phi) is 4.05. The predicted octanol–water partition coefficient (Wildman–Crippen LogP) is 3.31. The third-order valence-electron chi connectivity index (χ3n) is 6.68. The summed E-state index contributed by atoms with van der Waals surface area (Å²) in [5.41, 5.74) is 0.562. The monoisotopic (exact) mass is 492 g/mol. The molecule has 176 valence electrons. The van der Waals surface area contributed by atoms with Gasteiger partial charge < -0.3 is 19.9 Å². The average Bonchev–Trinajstić information content (AvgIpc) is 3.46. The van der Waals surface area contributed by atoms with Crippen LogP contribution in [0.5, 0.6) is 17.2 Å². The van der Waals surface area contributed by atoms with Gasteiger partial charge in [-0.05, 0) is 39.3 Å². The number of imidazole rings is 1. The molecule has 0 saturated heterocycles. The lowest BCUT2D eigenvalue weighted by molar-refractivity contribution is 0.0905. The number of aryl methyl sites for hydroxylation is 1. The van der Waals surface area contributed by atoms with E-state index in [9.17, 15) is 19.8 Å². The summed E-state index contributed by atoms with van der Waals surface area (Å²) in [6.07, 6.45) is 3.06. The number of phenols is 2. The molecule has 3 N–H and O–H groups in total. The number of nitrogens with one attached hydrogen (secondary N) is 1. The summed E-state index contributed by atoms with van der Waals surface area (Å²) in [5.74, 6) is -1.12. The summed E-state index contributed by atoms with van der Waals surface area (Å²) < 4.78 is 7.47. The van der Waals surface area contributed by atoms with Crippen molar-refractivity contribution < 1.29 is 24.5 Å². The SMILES string of the molecule is CC(=O)c1c(O)c(C)c(O)c2c1OC1=Cc3c(c(C)nn3-c3nc(Cl)nc4nc[nH]c34)C(=O)C12C. The predicted molar refractivity (Wildman–Crippen MR) is 123 cm³/mol. The minimum absolute atomic E-state index is 0.0384. The Labute approximate surface area is 202 Å². The maximum atomic E-state index is 14.0. The number of ether oxygens (including phenoxy) is 1. The lowest BCUT2D eigenvalue weighted by Crippen LogP contribution is -2.36. The van der Waals surface area contributed by atoms with E-state index in [4.69, 9.17) is 16.3 Å². The van der Waals surface area contributed by atoms with E-state index in [0.29, 0.717) is 28.1 Å². The zero-order valence-electron chi connectivity index (χ0n) is 18.9. The van der Waals surface area contributed by atoms with E-state index in [0.717, 1.165) is 0 Å². The Balaban J connectivity index is 1.65. The second kappa shape index (κ2) is 6.66. The van der Waals surface area contributed by atoms with E-state index in [1.807, 2.05) is 0 Å². The molecule has 0 radical (unpaired) electrons. The number of ketones is 2. The van der Waals surface area contributed by atoms with Crippen LogP contribution >= 0.6 is 11.6 Å². The molecule has 1 atom stereocenters. The van der Waals surface area contributed by atoms with Gasteiger partial charge in [0.1, 0.15) is 39.5 Å². The fourth-order valence-corrected chi connectivity index (χ4v) is 5.05. The van der Waals surface area contributed by atoms with Gasteiger partial charge in [-0.3, -0.25) is 9.59 Å². The number of allylic oxidation sites excluding steroid dienone is 1. The molecule has 1 aromatic carbocycles. The molecule has 3 aromatic heterocycles. The summed E-state index contributed by atoms with van der Waals surface area (Å²) in [6, 6.07) is 0. The van der Waals surface area contributed by atoms with E-state index in [1.165, 1.54) is 24.9 Å². The molecule has 6 rings (SSSR count). The number of H-pyrrole nitrogens is 1. The number of hydrogen-bond acceptors (Lipinski definition) is 9. The van der Waals surface area contributed by atoms with Gasteiger partial charge in [0, 0.05) is 11.6 Å². The number of nitrogens with zero attached hydrogens (tertiary/aromatic N) is 5. The summed E-state index contributed by atoms with van der Waals surface area (Å²) >= 11 is 6.11. The maximum absolute atomic E-state index is 14.0. The fourth-order valence-electron chi connectivity index (χ4n) is 4.89. The third-order valence-corrected chi connectivity index (χ3v) is 6.85. The van der Waals surface area contributed by atoms with Gasteiger partial charge in [0.2, 0.25) is 5.28 Å². The van der Waals surface area contributed by atoms with Crippen molar-refractivity contribution in [3.63, 3.8) is 0 Å². The normalized spacial score (nSPS) is 18.2. The highest BCUT2D eigenvalue weighted by molar-refractivity contribution is 6.28. The molecule has 0 amide bonds. The van der Waals surface area contributed by atoms with Crippen LogP contribution < -0.4 is 4.74 Å². The first kappa shape index (κ1) is 21.3. The van der Waals surface area contributed by atoms with E-state index < -0.39 is 11.2 Å². The molecule has 12 heteroatoms. The van der Waals surface area contributed by atoms with Crippen molar-refractivity contribution in [3.05, 3.63) is 51.0 Å². The zero-order chi connectivity index (χ0) is 25.0. The van der Waals surface area contributed by atoms with Gasteiger partial charge in [-0.2, -0.15) is 15.1 Å². The van der Waals surface area contributed by atoms with Crippen molar-refractivity contribution in [2.45, 2.75) is 33.1 Å². The van der Waals surface area contributed by atoms with E-state index >= 15 is 0 Å². The summed E-state index contributed by atoms with van der Waals surface area (Å²) in [4.78, 5) is 41.9. The fraction of sp³-hybridized carbons (Fsp3) is 0.217. The van der Waals surface area contributed by atoms with Crippen LogP contribution in [0.1, 0.15) is 57.1 Å². The van der Waals surface area contributed by atoms with Crippen LogP contribution in [0.3, 0.4) is 0 Å². The lowest BCUT2D eigenvalue weighted by atomic mass is 9.71. The van der Waals surface area contributed by atoms with Crippen molar-refractivity contribution in [1.82, 2.24) is 29.7 Å². The molecule has 0 saturated carbocycles. The number of phenolic OH excluding ortho intramolecular Hbond substituents is 2. The highest BCUT2D eigenvalue weighted by Gasteiger charge is 2.55. The van der Waals surface area contributed by atoms with Gasteiger partial charge in [-0.1, -0.05) is 0 Å². The molecule has 1 aliphatic carbocycles. The van der Waals surface area contributed by atoms with Crippen molar-refractivity contribution in [3.8, 4) is 23.1 Å². The topological polar surface area (TPSA) is 156 Å². The largest absolute Gasteiger partial charge is 0.507 e. The Morgan fingerprint density at radius 3 is 2.69 bits per heavy atom. The van der Waals surface area contributed by atoms with E-state index in [1.54, 1.807) is 19.9 Å². The van der Waals surface area contributed by atoms with Gasteiger partial charge in [0.25, 0.3) is 0 Å². The minimum Gasteiger partial charge on any atom is -0.507 e. The molecular formula is C23H17ClN6O5. The summed E-state index contributed by atoms with van der Waals surface area (Å²) in [6.45, 7) is 6.05. The Morgan fingerprint density at radius 2 is 1.97 bits per heavy atom. The van der Waals surface area contributed by atoms with Crippen LogP contribution in [0, 0.1) is 13.8 Å². The Bertz CT molecular complexity index is 1700. The number of rotatable bonds is 2. The van der Waals surface area contributed by atoms with E-state index in [2.05, 4.69) is 25.0 Å². The first-order chi connectivity index (χ1) is 16.6. The summed E-state index contributed by atoms with van der Waals surface area (Å²) in [5, 5.41) is 26.0. The standard InChI is InChI=1S/C23H17ClN6O5/c1-7-16(32)13(9(3)31)18-14(17(7)33)23(4)11(35-18)5-10-12(19(23)34)8(2)29-30(10)21-15-20(26-6-25-15)27-22(24)28-21/h5-6,32-33H,1-4H3,(H,25,26,27,28). The smallest absolute Gasteiger partial charge is 0.226 e. The first-order valence-electron chi connectivity index (χ1n) is 10.6. The molecule has 1 aliphatic heterocycles. The van der Waals surface area contributed by atoms with E-state index in [-0.39, 0.29) is 56.6 Å². The number of hydrogen-bond donors (Lipinski definition) is 3. The van der Waals surface area contributed by atoms with Gasteiger partial charge >= 0.3 is 0 Å². The number of carbonyl (C=O) groups is 2. The van der Waals surface area contributed by atoms with Crippen LogP contribution in [-0.4, -0.2) is 51.5 Å². The number of aromatic amines is 1. The van der Waals surface area contributed by atoms with Gasteiger partial charge in [-0.15, -0.1) is 0 Å². The number of Topliss-reactive ketones (excluding diaryl/α,β-unsaturated/α-hetero) is 2. The quantitative estimate of drug-likeness (QED) is 0.282. The molecule has 35 heavy (non-hydrogen) atoms. The number of halogens is 1. The van der Waals surface area contributed by atoms with Gasteiger partial charge in [0.15, 0.2) is 23.0 Å². The number of fused-ring (bicyclic) bond motifs is 5. The summed E-state index contributed by atoms with van der Waals surface area (Å²) in [7, 11) is 0. The second-order valence-corrected chi connectivity index (χ2v) is 9.04. The molecule has 1 unspecified atom stereocenters. The van der Waals surface area contributed by atoms with Crippen LogP contribution in [0.4, 0.5) is 0 Å². The number of benzene rings is 1. The maximum Gasteiger partial charge on any atom is 0.226 e. The minimum atomic E-state index is -1.44. The van der Waals surface area contributed by atoms with Crippen molar-refractivity contribution in [2.75, 3.05) is 0 Å². The molecule has 0 fully saturated rings. The third kappa shape index (κ3) is 2.50. The molecule has 11 nitrogen and oxygen atoms in total. The zero-order valence-corrected chi connectivity index (χ0v) is 19.6. The van der Waals surface area contributed by atoms with Crippen LogP contribution in [0.15, 0.2) is 12.1 Å². The highest BCUT2D eigenvalue weighted by Crippen LogP contribution is 2.58. The van der Waals surface area contributed by atoms with Gasteiger partial charge in [-0.25, -0.2) is 9.67 Å². The Morgan fingerprint density at radius 1 is 1.23 bits per heavy atom. The molecule has 0 spiro atoms. The number of carbonyl (C=O) groups excluding carboxylic acids is 2. The number of aromatic hydroxyl groups is 2. The van der Waals surface area contributed by atoms with Crippen molar-refractivity contribution in [2.24, 2.45) is 0 Å². The average molecular weight is 493 g/mol. The molecule has 0 bridgehead atoms. The Hall–Kier alpha value is -4.25. The second-order valence-electron chi connectivity index (χ2n) is 8.70. The molecular weight excluding hydrogens is 476 g/mol. The van der Waals surface area contributed by atoms with Gasteiger partial charge in [0.05, 0.1) is 28.8 Å².